The molecule has 1 amide bonds. The molecule has 4 nitrogen and oxygen atoms in total. The molecule has 1 rings (SSSR count). The second kappa shape index (κ2) is 4.64. The lowest BCUT2D eigenvalue weighted by atomic mass is 10.3. The highest BCUT2D eigenvalue weighted by Gasteiger charge is 2.03. The van der Waals surface area contributed by atoms with Gasteiger partial charge in [-0.05, 0) is 13.3 Å². The van der Waals surface area contributed by atoms with Gasteiger partial charge in [0.2, 0.25) is 5.91 Å². The summed E-state index contributed by atoms with van der Waals surface area (Å²) in [7, 11) is 0. The minimum Gasteiger partial charge on any atom is -0.356 e. The van der Waals surface area contributed by atoms with Crippen molar-refractivity contribution in [2.24, 2.45) is 0 Å². The predicted molar refractivity (Wildman–Crippen MR) is 50.3 cm³/mol. The lowest BCUT2D eigenvalue weighted by Gasteiger charge is -2.00. The molecule has 13 heavy (non-hydrogen) atoms. The van der Waals surface area contributed by atoms with Crippen LogP contribution in [-0.2, 0) is 11.2 Å². The standard InChI is InChI=1S/C9H15N3O/c1-3-4-10-9(13)5-8-6-11-7(2)12-8/h6H,3-5H2,1-2H3,(H,10,13)(H,11,12). The van der Waals surface area contributed by atoms with Crippen molar-refractivity contribution >= 4 is 5.91 Å². The number of hydrogen-bond donors (Lipinski definition) is 2. The van der Waals surface area contributed by atoms with Crippen molar-refractivity contribution in [2.75, 3.05) is 6.54 Å². The number of H-pyrrole nitrogens is 1. The van der Waals surface area contributed by atoms with Gasteiger partial charge in [-0.1, -0.05) is 6.92 Å². The van der Waals surface area contributed by atoms with Crippen molar-refractivity contribution in [2.45, 2.75) is 26.7 Å². The van der Waals surface area contributed by atoms with E-state index in [-0.39, 0.29) is 5.91 Å². The summed E-state index contributed by atoms with van der Waals surface area (Å²) in [5.41, 5.74) is 0.867. The number of rotatable bonds is 4. The van der Waals surface area contributed by atoms with Gasteiger partial charge >= 0.3 is 0 Å². The number of aryl methyl sites for hydroxylation is 1. The van der Waals surface area contributed by atoms with E-state index in [9.17, 15) is 4.79 Å². The SMILES string of the molecule is CCCNC(=O)Cc1cnc(C)[nH]1. The molecule has 0 aliphatic rings. The number of aromatic amines is 1. The molecule has 72 valence electrons. The van der Waals surface area contributed by atoms with Crippen LogP contribution in [0, 0.1) is 6.92 Å². The Morgan fingerprint density at radius 1 is 1.69 bits per heavy atom. The van der Waals surface area contributed by atoms with Crippen molar-refractivity contribution in [3.8, 4) is 0 Å². The second-order valence-electron chi connectivity index (χ2n) is 3.02. The Morgan fingerprint density at radius 3 is 3.00 bits per heavy atom. The van der Waals surface area contributed by atoms with Crippen molar-refractivity contribution in [3.05, 3.63) is 17.7 Å². The second-order valence-corrected chi connectivity index (χ2v) is 3.02. The molecule has 1 aromatic heterocycles. The van der Waals surface area contributed by atoms with Gasteiger partial charge < -0.3 is 10.3 Å². The lowest BCUT2D eigenvalue weighted by Crippen LogP contribution is -2.25. The van der Waals surface area contributed by atoms with E-state index in [0.29, 0.717) is 6.42 Å². The van der Waals surface area contributed by atoms with Crippen LogP contribution in [-0.4, -0.2) is 22.4 Å². The molecule has 0 aliphatic carbocycles. The first kappa shape index (κ1) is 9.77. The topological polar surface area (TPSA) is 57.8 Å². The molecule has 4 heteroatoms. The smallest absolute Gasteiger partial charge is 0.225 e. The average Bonchev–Trinajstić information content (AvgIpc) is 2.48. The Morgan fingerprint density at radius 2 is 2.46 bits per heavy atom. The van der Waals surface area contributed by atoms with Crippen LogP contribution in [0.1, 0.15) is 24.9 Å². The van der Waals surface area contributed by atoms with Gasteiger partial charge in [-0.2, -0.15) is 0 Å². The van der Waals surface area contributed by atoms with Gasteiger partial charge in [0, 0.05) is 18.4 Å². The van der Waals surface area contributed by atoms with Crippen LogP contribution in [0.2, 0.25) is 0 Å². The normalized spacial score (nSPS) is 10.0. The first-order chi connectivity index (χ1) is 6.22. The molecule has 0 aromatic carbocycles. The zero-order valence-electron chi connectivity index (χ0n) is 8.05. The number of nitrogens with zero attached hydrogens (tertiary/aromatic N) is 1. The summed E-state index contributed by atoms with van der Waals surface area (Å²) >= 11 is 0. The van der Waals surface area contributed by atoms with Crippen LogP contribution in [0.15, 0.2) is 6.20 Å². The van der Waals surface area contributed by atoms with Gasteiger partial charge in [0.1, 0.15) is 5.82 Å². The number of imidazole rings is 1. The molecule has 0 fully saturated rings. The summed E-state index contributed by atoms with van der Waals surface area (Å²) in [5.74, 6) is 0.892. The number of carbonyl (C=O) groups is 1. The molecule has 0 spiro atoms. The Balaban J connectivity index is 2.36. The van der Waals surface area contributed by atoms with Gasteiger partial charge in [-0.25, -0.2) is 4.98 Å². The minimum absolute atomic E-state index is 0.0468. The van der Waals surface area contributed by atoms with Crippen LogP contribution in [0.25, 0.3) is 0 Å². The van der Waals surface area contributed by atoms with Gasteiger partial charge in [0.05, 0.1) is 6.42 Å². The molecule has 0 atom stereocenters. The lowest BCUT2D eigenvalue weighted by molar-refractivity contribution is -0.120. The molecule has 2 N–H and O–H groups in total. The summed E-state index contributed by atoms with van der Waals surface area (Å²) in [4.78, 5) is 18.2. The van der Waals surface area contributed by atoms with E-state index in [1.165, 1.54) is 0 Å². The minimum atomic E-state index is 0.0468. The number of carbonyl (C=O) groups excluding carboxylic acids is 1. The van der Waals surface area contributed by atoms with Crippen LogP contribution in [0.3, 0.4) is 0 Å². The molecule has 0 aliphatic heterocycles. The van der Waals surface area contributed by atoms with E-state index in [1.54, 1.807) is 6.20 Å². The molecule has 1 heterocycles. The quantitative estimate of drug-likeness (QED) is 0.721. The number of hydrogen-bond acceptors (Lipinski definition) is 2. The molecule has 0 bridgehead atoms. The van der Waals surface area contributed by atoms with Gasteiger partial charge in [0.25, 0.3) is 0 Å². The first-order valence-electron chi connectivity index (χ1n) is 4.49. The van der Waals surface area contributed by atoms with Crippen molar-refractivity contribution in [1.82, 2.24) is 15.3 Å². The Kier molecular flexibility index (Phi) is 3.49. The molecule has 0 saturated carbocycles. The Bertz CT molecular complexity index is 280. The molecular formula is C9H15N3O. The summed E-state index contributed by atoms with van der Waals surface area (Å²) in [6.07, 6.45) is 3.05. The highest BCUT2D eigenvalue weighted by molar-refractivity contribution is 5.77. The maximum atomic E-state index is 11.2. The third kappa shape index (κ3) is 3.27. The zero-order chi connectivity index (χ0) is 9.68. The largest absolute Gasteiger partial charge is 0.356 e. The monoisotopic (exact) mass is 181 g/mol. The fourth-order valence-electron chi connectivity index (χ4n) is 1.06. The fraction of sp³-hybridized carbons (Fsp3) is 0.556. The van der Waals surface area contributed by atoms with E-state index in [1.807, 2.05) is 13.8 Å². The molecule has 0 unspecified atom stereocenters. The number of nitrogens with one attached hydrogen (secondary N) is 2. The summed E-state index contributed by atoms with van der Waals surface area (Å²) in [6.45, 7) is 4.64. The van der Waals surface area contributed by atoms with Crippen LogP contribution >= 0.6 is 0 Å². The summed E-state index contributed by atoms with van der Waals surface area (Å²) in [6, 6.07) is 0. The van der Waals surface area contributed by atoms with Gasteiger partial charge in [-0.3, -0.25) is 4.79 Å². The average molecular weight is 181 g/mol. The third-order valence-corrected chi connectivity index (χ3v) is 1.68. The van der Waals surface area contributed by atoms with Crippen LogP contribution in [0.5, 0.6) is 0 Å². The molecular weight excluding hydrogens is 166 g/mol. The van der Waals surface area contributed by atoms with Crippen molar-refractivity contribution < 1.29 is 4.79 Å². The van der Waals surface area contributed by atoms with Crippen molar-refractivity contribution in [1.29, 1.82) is 0 Å². The number of amides is 1. The molecule has 1 aromatic rings. The molecule has 0 radical (unpaired) electrons. The van der Waals surface area contributed by atoms with E-state index in [2.05, 4.69) is 15.3 Å². The zero-order valence-corrected chi connectivity index (χ0v) is 8.05. The summed E-state index contributed by atoms with van der Waals surface area (Å²) in [5, 5.41) is 2.80. The third-order valence-electron chi connectivity index (χ3n) is 1.68. The highest BCUT2D eigenvalue weighted by atomic mass is 16.1. The van der Waals surface area contributed by atoms with E-state index >= 15 is 0 Å². The Labute approximate surface area is 77.8 Å². The Hall–Kier alpha value is -1.32. The maximum Gasteiger partial charge on any atom is 0.225 e. The highest BCUT2D eigenvalue weighted by Crippen LogP contribution is 1.96. The van der Waals surface area contributed by atoms with Crippen LogP contribution < -0.4 is 5.32 Å². The summed E-state index contributed by atoms with van der Waals surface area (Å²) < 4.78 is 0. The number of aromatic nitrogens is 2. The first-order valence-corrected chi connectivity index (χ1v) is 4.49. The van der Waals surface area contributed by atoms with E-state index in [4.69, 9.17) is 0 Å². The molecule has 0 saturated heterocycles. The van der Waals surface area contributed by atoms with Gasteiger partial charge in [-0.15, -0.1) is 0 Å². The maximum absolute atomic E-state index is 11.2. The van der Waals surface area contributed by atoms with E-state index < -0.39 is 0 Å². The van der Waals surface area contributed by atoms with Crippen LogP contribution in [0.4, 0.5) is 0 Å². The van der Waals surface area contributed by atoms with Crippen molar-refractivity contribution in [3.63, 3.8) is 0 Å². The van der Waals surface area contributed by atoms with Gasteiger partial charge in [0.15, 0.2) is 0 Å². The predicted octanol–water partition coefficient (Wildman–Crippen LogP) is 0.787. The fourth-order valence-corrected chi connectivity index (χ4v) is 1.06. The van der Waals surface area contributed by atoms with E-state index in [0.717, 1.165) is 24.5 Å².